The van der Waals surface area contributed by atoms with Gasteiger partial charge in [0, 0.05) is 12.7 Å². The molecule has 1 amide bonds. The number of aryl methyl sites for hydroxylation is 1. The van der Waals surface area contributed by atoms with Gasteiger partial charge in [-0.05, 0) is 37.6 Å². The van der Waals surface area contributed by atoms with E-state index >= 15 is 0 Å². The zero-order valence-electron chi connectivity index (χ0n) is 11.4. The first-order valence-electron chi connectivity index (χ1n) is 6.38. The van der Waals surface area contributed by atoms with Crippen molar-refractivity contribution in [3.63, 3.8) is 0 Å². The van der Waals surface area contributed by atoms with Crippen LogP contribution in [0.15, 0.2) is 36.5 Å². The summed E-state index contributed by atoms with van der Waals surface area (Å²) in [6, 6.07) is 7.95. The summed E-state index contributed by atoms with van der Waals surface area (Å²) in [4.78, 5) is 16.3. The number of aromatic nitrogens is 1. The maximum Gasteiger partial charge on any atom is 0.259 e. The predicted octanol–water partition coefficient (Wildman–Crippen LogP) is 3.21. The molecule has 0 bridgehead atoms. The minimum atomic E-state index is -0.448. The number of anilines is 2. The topological polar surface area (TPSA) is 54.0 Å². The van der Waals surface area contributed by atoms with E-state index < -0.39 is 11.7 Å². The van der Waals surface area contributed by atoms with Crippen molar-refractivity contribution in [2.45, 2.75) is 13.8 Å². The summed E-state index contributed by atoms with van der Waals surface area (Å²) in [6.07, 6.45) is 1.66. The highest BCUT2D eigenvalue weighted by molar-refractivity contribution is 6.07. The maximum atomic E-state index is 13.7. The summed E-state index contributed by atoms with van der Waals surface area (Å²) in [5.74, 6) is -0.402. The lowest BCUT2D eigenvalue weighted by Gasteiger charge is -2.11. The van der Waals surface area contributed by atoms with Crippen molar-refractivity contribution in [3.05, 3.63) is 53.5 Å². The van der Waals surface area contributed by atoms with Gasteiger partial charge >= 0.3 is 0 Å². The van der Waals surface area contributed by atoms with E-state index in [1.165, 1.54) is 12.1 Å². The van der Waals surface area contributed by atoms with Gasteiger partial charge in [0.05, 0.1) is 11.3 Å². The van der Waals surface area contributed by atoms with Crippen LogP contribution in [-0.4, -0.2) is 17.4 Å². The summed E-state index contributed by atoms with van der Waals surface area (Å²) in [6.45, 7) is 4.29. The molecule has 1 aromatic carbocycles. The van der Waals surface area contributed by atoms with Crippen LogP contribution >= 0.6 is 0 Å². The lowest BCUT2D eigenvalue weighted by molar-refractivity contribution is 0.102. The Labute approximate surface area is 117 Å². The first-order chi connectivity index (χ1) is 9.61. The Morgan fingerprint density at radius 2 is 2.10 bits per heavy atom. The lowest BCUT2D eigenvalue weighted by Crippen LogP contribution is -2.16. The summed E-state index contributed by atoms with van der Waals surface area (Å²) in [7, 11) is 0. The van der Waals surface area contributed by atoms with Crippen molar-refractivity contribution in [3.8, 4) is 0 Å². The van der Waals surface area contributed by atoms with E-state index in [0.29, 0.717) is 12.4 Å². The molecule has 2 N–H and O–H groups in total. The fraction of sp³-hybridized carbons (Fsp3) is 0.200. The van der Waals surface area contributed by atoms with E-state index in [4.69, 9.17) is 0 Å². The van der Waals surface area contributed by atoms with Crippen LogP contribution in [0.25, 0.3) is 0 Å². The number of amides is 1. The van der Waals surface area contributed by atoms with Crippen LogP contribution < -0.4 is 10.6 Å². The predicted molar refractivity (Wildman–Crippen MR) is 77.5 cm³/mol. The number of carbonyl (C=O) groups is 1. The Balaban J connectivity index is 2.25. The highest BCUT2D eigenvalue weighted by Crippen LogP contribution is 2.20. The zero-order valence-corrected chi connectivity index (χ0v) is 11.4. The average molecular weight is 273 g/mol. The molecule has 0 saturated carbocycles. The molecule has 1 aromatic heterocycles. The molecule has 0 unspecified atom stereocenters. The largest absolute Gasteiger partial charge is 0.382 e. The minimum absolute atomic E-state index is 0.208. The van der Waals surface area contributed by atoms with Gasteiger partial charge in [0.2, 0.25) is 0 Å². The smallest absolute Gasteiger partial charge is 0.259 e. The Morgan fingerprint density at radius 3 is 2.75 bits per heavy atom. The number of rotatable bonds is 4. The van der Waals surface area contributed by atoms with Gasteiger partial charge in [-0.15, -0.1) is 0 Å². The fourth-order valence-corrected chi connectivity index (χ4v) is 1.80. The number of nitrogens with one attached hydrogen (secondary N) is 2. The molecular weight excluding hydrogens is 257 g/mol. The molecule has 104 valence electrons. The normalized spacial score (nSPS) is 10.2. The molecule has 0 aliphatic carbocycles. The molecule has 0 fully saturated rings. The molecule has 0 radical (unpaired) electrons. The number of hydrogen-bond donors (Lipinski definition) is 2. The molecule has 0 aliphatic rings. The van der Waals surface area contributed by atoms with Crippen molar-refractivity contribution in [1.29, 1.82) is 0 Å². The quantitative estimate of drug-likeness (QED) is 0.899. The minimum Gasteiger partial charge on any atom is -0.382 e. The van der Waals surface area contributed by atoms with Crippen LogP contribution in [0.1, 0.15) is 22.8 Å². The van der Waals surface area contributed by atoms with Gasteiger partial charge in [0.15, 0.2) is 0 Å². The second kappa shape index (κ2) is 6.14. The molecule has 0 atom stereocenters. The van der Waals surface area contributed by atoms with Crippen LogP contribution in [0.5, 0.6) is 0 Å². The molecule has 0 aliphatic heterocycles. The van der Waals surface area contributed by atoms with Crippen molar-refractivity contribution in [1.82, 2.24) is 4.98 Å². The average Bonchev–Trinajstić information content (AvgIpc) is 2.43. The number of para-hydroxylation sites is 1. The monoisotopic (exact) mass is 273 g/mol. The molecule has 2 rings (SSSR count). The third kappa shape index (κ3) is 3.12. The molecule has 4 nitrogen and oxygen atoms in total. The molecule has 2 aromatic rings. The van der Waals surface area contributed by atoms with E-state index in [9.17, 15) is 9.18 Å². The highest BCUT2D eigenvalue weighted by Gasteiger charge is 2.15. The summed E-state index contributed by atoms with van der Waals surface area (Å²) >= 11 is 0. The second-order valence-electron chi connectivity index (χ2n) is 4.37. The Kier molecular flexibility index (Phi) is 4.30. The van der Waals surface area contributed by atoms with E-state index in [1.54, 1.807) is 18.3 Å². The second-order valence-corrected chi connectivity index (χ2v) is 4.37. The molecule has 20 heavy (non-hydrogen) atoms. The van der Waals surface area contributed by atoms with Crippen molar-refractivity contribution in [2.24, 2.45) is 0 Å². The van der Waals surface area contributed by atoms with Crippen LogP contribution in [0.2, 0.25) is 0 Å². The number of hydrogen-bond acceptors (Lipinski definition) is 3. The fourth-order valence-electron chi connectivity index (χ4n) is 1.80. The van der Waals surface area contributed by atoms with Gasteiger partial charge in [-0.1, -0.05) is 12.1 Å². The number of pyridine rings is 1. The Morgan fingerprint density at radius 1 is 1.30 bits per heavy atom. The lowest BCUT2D eigenvalue weighted by atomic mass is 10.1. The van der Waals surface area contributed by atoms with Crippen LogP contribution in [0.3, 0.4) is 0 Å². The van der Waals surface area contributed by atoms with Gasteiger partial charge in [-0.25, -0.2) is 9.37 Å². The first-order valence-corrected chi connectivity index (χ1v) is 6.38. The summed E-state index contributed by atoms with van der Waals surface area (Å²) in [5, 5.41) is 5.52. The summed E-state index contributed by atoms with van der Waals surface area (Å²) < 4.78 is 13.7. The number of carbonyl (C=O) groups excluding carboxylic acids is 1. The van der Waals surface area contributed by atoms with Gasteiger partial charge in [0.1, 0.15) is 11.6 Å². The number of halogens is 1. The Hall–Kier alpha value is -2.43. The molecule has 1 heterocycles. The molecular formula is C15H16FN3O. The highest BCUT2D eigenvalue weighted by atomic mass is 19.1. The van der Waals surface area contributed by atoms with Gasteiger partial charge in [-0.3, -0.25) is 4.79 Å². The van der Waals surface area contributed by atoms with Gasteiger partial charge in [-0.2, -0.15) is 0 Å². The maximum absolute atomic E-state index is 13.7. The SMILES string of the molecule is CCNc1c(F)cccc1C(=O)Nc1ccc(C)cn1. The first kappa shape index (κ1) is 14.0. The third-order valence-corrected chi connectivity index (χ3v) is 2.76. The van der Waals surface area contributed by atoms with E-state index in [-0.39, 0.29) is 11.3 Å². The third-order valence-electron chi connectivity index (χ3n) is 2.76. The molecule has 5 heteroatoms. The van der Waals surface area contributed by atoms with Crippen molar-refractivity contribution >= 4 is 17.4 Å². The van der Waals surface area contributed by atoms with Crippen LogP contribution in [0, 0.1) is 12.7 Å². The molecule has 0 spiro atoms. The van der Waals surface area contributed by atoms with E-state index in [0.717, 1.165) is 5.56 Å². The van der Waals surface area contributed by atoms with Crippen LogP contribution in [0.4, 0.5) is 15.9 Å². The number of nitrogens with zero attached hydrogens (tertiary/aromatic N) is 1. The molecule has 0 saturated heterocycles. The van der Waals surface area contributed by atoms with Crippen molar-refractivity contribution < 1.29 is 9.18 Å². The standard InChI is InChI=1S/C15H16FN3O/c1-3-17-14-11(5-4-6-12(14)16)15(20)19-13-8-7-10(2)9-18-13/h4-9,17H,3H2,1-2H3,(H,18,19,20). The summed E-state index contributed by atoms with van der Waals surface area (Å²) in [5.41, 5.74) is 1.47. The zero-order chi connectivity index (χ0) is 14.5. The van der Waals surface area contributed by atoms with Crippen molar-refractivity contribution in [2.75, 3.05) is 17.2 Å². The Bertz CT molecular complexity index is 611. The van der Waals surface area contributed by atoms with Gasteiger partial charge < -0.3 is 10.6 Å². The van der Waals surface area contributed by atoms with Crippen LogP contribution in [-0.2, 0) is 0 Å². The number of benzene rings is 1. The van der Waals surface area contributed by atoms with Gasteiger partial charge in [0.25, 0.3) is 5.91 Å². The van der Waals surface area contributed by atoms with E-state index in [1.807, 2.05) is 19.9 Å². The van der Waals surface area contributed by atoms with E-state index in [2.05, 4.69) is 15.6 Å².